The summed E-state index contributed by atoms with van der Waals surface area (Å²) in [5, 5.41) is 9.85. The number of methoxy groups -OCH3 is 1. The predicted molar refractivity (Wildman–Crippen MR) is 88.9 cm³/mol. The maximum absolute atomic E-state index is 14.4. The van der Waals surface area contributed by atoms with Gasteiger partial charge in [0.1, 0.15) is 11.7 Å². The summed E-state index contributed by atoms with van der Waals surface area (Å²) in [6.45, 7) is 0.400. The Morgan fingerprint density at radius 2 is 1.80 bits per heavy atom. The molecular weight excluding hydrogens is 325 g/mol. The molecule has 130 valence electrons. The van der Waals surface area contributed by atoms with Crippen LogP contribution in [-0.2, 0) is 9.53 Å². The Kier molecular flexibility index (Phi) is 4.81. The SMILES string of the molecule is COCCN1C(=O)c2ccccc2C(C(=O)O)C1c1ccccc1F. The zero-order valence-electron chi connectivity index (χ0n) is 13.7. The van der Waals surface area contributed by atoms with Gasteiger partial charge >= 0.3 is 5.97 Å². The van der Waals surface area contributed by atoms with E-state index in [2.05, 4.69) is 0 Å². The second-order valence-electron chi connectivity index (χ2n) is 5.86. The molecule has 0 spiro atoms. The lowest BCUT2D eigenvalue weighted by Gasteiger charge is -2.40. The molecule has 5 nitrogen and oxygen atoms in total. The number of carboxylic acid groups (broad SMARTS) is 1. The fourth-order valence-corrected chi connectivity index (χ4v) is 3.35. The number of carbonyl (C=O) groups excluding carboxylic acids is 1. The van der Waals surface area contributed by atoms with E-state index in [1.165, 1.54) is 30.2 Å². The Labute approximate surface area is 144 Å². The first kappa shape index (κ1) is 17.1. The van der Waals surface area contributed by atoms with E-state index in [0.717, 1.165) is 0 Å². The van der Waals surface area contributed by atoms with E-state index < -0.39 is 23.7 Å². The third kappa shape index (κ3) is 3.00. The van der Waals surface area contributed by atoms with Gasteiger partial charge in [0.15, 0.2) is 0 Å². The number of carboxylic acids is 1. The average Bonchev–Trinajstić information content (AvgIpc) is 2.61. The van der Waals surface area contributed by atoms with Crippen LogP contribution < -0.4 is 0 Å². The minimum absolute atomic E-state index is 0.173. The second kappa shape index (κ2) is 7.03. The highest BCUT2D eigenvalue weighted by Gasteiger charge is 2.44. The maximum atomic E-state index is 14.4. The number of ether oxygens (including phenoxy) is 1. The third-order valence-corrected chi connectivity index (χ3v) is 4.46. The summed E-state index contributed by atoms with van der Waals surface area (Å²) in [5.41, 5.74) is 0.925. The van der Waals surface area contributed by atoms with Crippen LogP contribution in [0.1, 0.15) is 33.4 Å². The summed E-state index contributed by atoms with van der Waals surface area (Å²) >= 11 is 0. The highest BCUT2D eigenvalue weighted by molar-refractivity contribution is 6.00. The molecule has 0 bridgehead atoms. The van der Waals surface area contributed by atoms with E-state index in [1.807, 2.05) is 0 Å². The van der Waals surface area contributed by atoms with Gasteiger partial charge in [-0.05, 0) is 17.7 Å². The molecule has 0 radical (unpaired) electrons. The lowest BCUT2D eigenvalue weighted by atomic mass is 9.79. The van der Waals surface area contributed by atoms with Crippen molar-refractivity contribution in [2.24, 2.45) is 0 Å². The molecule has 0 aromatic heterocycles. The zero-order chi connectivity index (χ0) is 18.0. The lowest BCUT2D eigenvalue weighted by molar-refractivity contribution is -0.140. The molecule has 1 N–H and O–H groups in total. The summed E-state index contributed by atoms with van der Waals surface area (Å²) in [6.07, 6.45) is 0. The molecule has 25 heavy (non-hydrogen) atoms. The number of nitrogens with zero attached hydrogens (tertiary/aromatic N) is 1. The van der Waals surface area contributed by atoms with Gasteiger partial charge in [0, 0.05) is 24.8 Å². The van der Waals surface area contributed by atoms with E-state index in [4.69, 9.17) is 4.74 Å². The molecule has 2 unspecified atom stereocenters. The summed E-state index contributed by atoms with van der Waals surface area (Å²) in [5.74, 6) is -3.01. The largest absolute Gasteiger partial charge is 0.481 e. The van der Waals surface area contributed by atoms with E-state index in [9.17, 15) is 19.1 Å². The molecule has 0 fully saturated rings. The monoisotopic (exact) mass is 343 g/mol. The van der Waals surface area contributed by atoms with Crippen LogP contribution in [0.25, 0.3) is 0 Å². The van der Waals surface area contributed by atoms with Gasteiger partial charge in [-0.15, -0.1) is 0 Å². The second-order valence-corrected chi connectivity index (χ2v) is 5.86. The summed E-state index contributed by atoms with van der Waals surface area (Å²) < 4.78 is 19.5. The van der Waals surface area contributed by atoms with Crippen LogP contribution in [-0.4, -0.2) is 42.1 Å². The summed E-state index contributed by atoms with van der Waals surface area (Å²) in [6, 6.07) is 11.6. The van der Waals surface area contributed by atoms with Crippen LogP contribution >= 0.6 is 0 Å². The van der Waals surface area contributed by atoms with Gasteiger partial charge < -0.3 is 14.7 Å². The topological polar surface area (TPSA) is 66.8 Å². The molecule has 2 aromatic rings. The molecule has 0 saturated heterocycles. The molecule has 1 heterocycles. The fourth-order valence-electron chi connectivity index (χ4n) is 3.35. The predicted octanol–water partition coefficient (Wildman–Crippen LogP) is 2.84. The third-order valence-electron chi connectivity index (χ3n) is 4.46. The van der Waals surface area contributed by atoms with Crippen molar-refractivity contribution in [3.8, 4) is 0 Å². The average molecular weight is 343 g/mol. The van der Waals surface area contributed by atoms with Crippen molar-refractivity contribution in [2.75, 3.05) is 20.3 Å². The van der Waals surface area contributed by atoms with Crippen molar-refractivity contribution < 1.29 is 23.8 Å². The molecule has 3 rings (SSSR count). The quantitative estimate of drug-likeness (QED) is 0.906. The van der Waals surface area contributed by atoms with Crippen molar-refractivity contribution in [1.29, 1.82) is 0 Å². The Hall–Kier alpha value is -2.73. The van der Waals surface area contributed by atoms with Crippen LogP contribution in [0.3, 0.4) is 0 Å². The number of fused-ring (bicyclic) bond motifs is 1. The number of benzene rings is 2. The Balaban J connectivity index is 2.21. The number of carbonyl (C=O) groups is 2. The highest BCUT2D eigenvalue weighted by atomic mass is 19.1. The zero-order valence-corrected chi connectivity index (χ0v) is 13.7. The Morgan fingerprint density at radius 1 is 1.16 bits per heavy atom. The Morgan fingerprint density at radius 3 is 2.44 bits per heavy atom. The Bertz CT molecular complexity index is 808. The van der Waals surface area contributed by atoms with Gasteiger partial charge in [-0.3, -0.25) is 9.59 Å². The van der Waals surface area contributed by atoms with Gasteiger partial charge in [-0.25, -0.2) is 4.39 Å². The van der Waals surface area contributed by atoms with Gasteiger partial charge in [-0.2, -0.15) is 0 Å². The molecule has 6 heteroatoms. The summed E-state index contributed by atoms with van der Waals surface area (Å²) in [7, 11) is 1.50. The number of halogens is 1. The molecule has 1 amide bonds. The number of rotatable bonds is 5. The normalized spacial score (nSPS) is 19.6. The molecule has 2 atom stereocenters. The number of aliphatic carboxylic acids is 1. The van der Waals surface area contributed by atoms with Gasteiger partial charge in [0.25, 0.3) is 5.91 Å². The first-order valence-corrected chi connectivity index (χ1v) is 7.92. The number of hydrogen-bond donors (Lipinski definition) is 1. The van der Waals surface area contributed by atoms with Crippen molar-refractivity contribution in [1.82, 2.24) is 4.90 Å². The first-order valence-electron chi connectivity index (χ1n) is 7.92. The molecular formula is C19H18FNO4. The highest BCUT2D eigenvalue weighted by Crippen LogP contribution is 2.43. The van der Waals surface area contributed by atoms with Gasteiger partial charge in [0.05, 0.1) is 12.6 Å². The molecule has 1 aliphatic heterocycles. The minimum Gasteiger partial charge on any atom is -0.481 e. The molecule has 0 aliphatic carbocycles. The van der Waals surface area contributed by atoms with Crippen LogP contribution in [0.15, 0.2) is 48.5 Å². The van der Waals surface area contributed by atoms with E-state index in [1.54, 1.807) is 30.3 Å². The molecule has 0 saturated carbocycles. The molecule has 1 aliphatic rings. The fraction of sp³-hybridized carbons (Fsp3) is 0.263. The smallest absolute Gasteiger partial charge is 0.313 e. The summed E-state index contributed by atoms with van der Waals surface area (Å²) in [4.78, 5) is 26.4. The van der Waals surface area contributed by atoms with Crippen LogP contribution in [0.5, 0.6) is 0 Å². The minimum atomic E-state index is -1.10. The molecule has 2 aromatic carbocycles. The van der Waals surface area contributed by atoms with Crippen LogP contribution in [0.4, 0.5) is 4.39 Å². The van der Waals surface area contributed by atoms with Gasteiger partial charge in [0.2, 0.25) is 0 Å². The van der Waals surface area contributed by atoms with Gasteiger partial charge in [-0.1, -0.05) is 36.4 Å². The van der Waals surface area contributed by atoms with E-state index in [-0.39, 0.29) is 24.6 Å². The van der Waals surface area contributed by atoms with Crippen LogP contribution in [0.2, 0.25) is 0 Å². The maximum Gasteiger partial charge on any atom is 0.313 e. The van der Waals surface area contributed by atoms with Crippen molar-refractivity contribution >= 4 is 11.9 Å². The number of amides is 1. The standard InChI is InChI=1S/C19H18FNO4/c1-25-11-10-21-17(14-8-4-5-9-15(14)20)16(19(23)24)12-6-2-3-7-13(12)18(21)22/h2-9,16-17H,10-11H2,1H3,(H,23,24). The van der Waals surface area contributed by atoms with Crippen molar-refractivity contribution in [2.45, 2.75) is 12.0 Å². The van der Waals surface area contributed by atoms with Crippen molar-refractivity contribution in [3.05, 3.63) is 71.0 Å². The van der Waals surface area contributed by atoms with Crippen molar-refractivity contribution in [3.63, 3.8) is 0 Å². The lowest BCUT2D eigenvalue weighted by Crippen LogP contribution is -2.46. The first-order chi connectivity index (χ1) is 12.1. The van der Waals surface area contributed by atoms with Crippen LogP contribution in [0, 0.1) is 5.82 Å². The number of hydrogen-bond acceptors (Lipinski definition) is 3. The van der Waals surface area contributed by atoms with E-state index in [0.29, 0.717) is 11.1 Å². The van der Waals surface area contributed by atoms with E-state index >= 15 is 0 Å².